The van der Waals surface area contributed by atoms with Crippen LogP contribution in [-0.2, 0) is 14.8 Å². The lowest BCUT2D eigenvalue weighted by molar-refractivity contribution is -0.136. The summed E-state index contributed by atoms with van der Waals surface area (Å²) < 4.78 is 25.3. The molecule has 0 saturated heterocycles. The minimum Gasteiger partial charge on any atom is -0.481 e. The summed E-state index contributed by atoms with van der Waals surface area (Å²) >= 11 is 0. The first-order chi connectivity index (χ1) is 6.52. The van der Waals surface area contributed by atoms with Crippen molar-refractivity contribution in [1.82, 2.24) is 4.72 Å². The fraction of sp³-hybridized carbons (Fsp3) is 0.875. The molecule has 1 aliphatic carbocycles. The van der Waals surface area contributed by atoms with Crippen LogP contribution >= 0.6 is 0 Å². The highest BCUT2D eigenvalue weighted by molar-refractivity contribution is 7.90. The molecule has 0 unspecified atom stereocenters. The molecule has 6 heteroatoms. The zero-order valence-electron chi connectivity index (χ0n) is 7.90. The van der Waals surface area contributed by atoms with Crippen LogP contribution in [0.2, 0.25) is 0 Å². The molecule has 0 amide bonds. The van der Waals surface area contributed by atoms with Crippen LogP contribution in [0.3, 0.4) is 0 Å². The molecule has 0 aromatic carbocycles. The molecule has 0 aromatic rings. The van der Waals surface area contributed by atoms with Crippen molar-refractivity contribution in [3.05, 3.63) is 0 Å². The van der Waals surface area contributed by atoms with Gasteiger partial charge in [0.05, 0.1) is 11.7 Å². The molecule has 82 valence electrons. The van der Waals surface area contributed by atoms with E-state index in [4.69, 9.17) is 5.11 Å². The molecule has 1 rings (SSSR count). The molecule has 0 aliphatic heterocycles. The minimum absolute atomic E-state index is 0.00579. The van der Waals surface area contributed by atoms with E-state index in [-0.39, 0.29) is 18.2 Å². The fourth-order valence-corrected chi connectivity index (χ4v) is 3.19. The van der Waals surface area contributed by atoms with E-state index < -0.39 is 16.0 Å². The molecule has 0 heterocycles. The second-order valence-corrected chi connectivity index (χ2v) is 5.53. The average molecular weight is 221 g/mol. The molecule has 5 nitrogen and oxygen atoms in total. The predicted octanol–water partition coefficient (Wildman–Crippen LogP) is 0.323. The van der Waals surface area contributed by atoms with Crippen molar-refractivity contribution in [1.29, 1.82) is 0 Å². The van der Waals surface area contributed by atoms with E-state index in [9.17, 15) is 13.2 Å². The Morgan fingerprint density at radius 1 is 1.36 bits per heavy atom. The summed E-state index contributed by atoms with van der Waals surface area (Å²) in [6.07, 6.45) is 3.13. The van der Waals surface area contributed by atoms with Gasteiger partial charge in [-0.2, -0.15) is 0 Å². The Labute approximate surface area is 83.6 Å². The maximum absolute atomic E-state index is 11.5. The van der Waals surface area contributed by atoms with Crippen molar-refractivity contribution in [3.8, 4) is 0 Å². The smallest absolute Gasteiger partial charge is 0.304 e. The van der Waals surface area contributed by atoms with Gasteiger partial charge in [-0.3, -0.25) is 4.79 Å². The highest BCUT2D eigenvalue weighted by Crippen LogP contribution is 2.23. The first-order valence-corrected chi connectivity index (χ1v) is 6.27. The summed E-state index contributed by atoms with van der Waals surface area (Å²) in [7, 11) is -3.27. The van der Waals surface area contributed by atoms with Gasteiger partial charge in [0.25, 0.3) is 0 Å². The lowest BCUT2D eigenvalue weighted by Crippen LogP contribution is -2.34. The van der Waals surface area contributed by atoms with Gasteiger partial charge in [0.15, 0.2) is 0 Å². The van der Waals surface area contributed by atoms with Crippen molar-refractivity contribution in [2.75, 3.05) is 6.54 Å². The molecule has 14 heavy (non-hydrogen) atoms. The van der Waals surface area contributed by atoms with Gasteiger partial charge in [0.2, 0.25) is 10.0 Å². The zero-order valence-corrected chi connectivity index (χ0v) is 8.72. The SMILES string of the molecule is O=C(O)CCNS(=O)(=O)C1CCCC1. The quantitative estimate of drug-likeness (QED) is 0.700. The summed E-state index contributed by atoms with van der Waals surface area (Å²) in [5, 5.41) is 8.03. The maximum Gasteiger partial charge on any atom is 0.304 e. The summed E-state index contributed by atoms with van der Waals surface area (Å²) in [5.74, 6) is -0.987. The van der Waals surface area contributed by atoms with Crippen LogP contribution in [0, 0.1) is 0 Å². The third-order valence-corrected chi connectivity index (χ3v) is 4.34. The molecule has 0 radical (unpaired) electrons. The highest BCUT2D eigenvalue weighted by atomic mass is 32.2. The average Bonchev–Trinajstić information content (AvgIpc) is 2.54. The Morgan fingerprint density at radius 3 is 2.43 bits per heavy atom. The lowest BCUT2D eigenvalue weighted by atomic mass is 10.4. The fourth-order valence-electron chi connectivity index (χ4n) is 1.62. The maximum atomic E-state index is 11.5. The number of nitrogens with one attached hydrogen (secondary N) is 1. The van der Waals surface area contributed by atoms with Crippen molar-refractivity contribution in [2.24, 2.45) is 0 Å². The van der Waals surface area contributed by atoms with Crippen LogP contribution in [0.25, 0.3) is 0 Å². The van der Waals surface area contributed by atoms with Gasteiger partial charge < -0.3 is 5.11 Å². The first-order valence-electron chi connectivity index (χ1n) is 4.72. The van der Waals surface area contributed by atoms with E-state index in [2.05, 4.69) is 4.72 Å². The summed E-state index contributed by atoms with van der Waals surface area (Å²) in [5.41, 5.74) is 0. The van der Waals surface area contributed by atoms with Crippen LogP contribution < -0.4 is 4.72 Å². The van der Waals surface area contributed by atoms with Gasteiger partial charge >= 0.3 is 5.97 Å². The van der Waals surface area contributed by atoms with E-state index in [0.717, 1.165) is 12.8 Å². The molecule has 0 aromatic heterocycles. The molecule has 1 fully saturated rings. The van der Waals surface area contributed by atoms with E-state index in [1.165, 1.54) is 0 Å². The number of aliphatic carboxylic acids is 1. The zero-order chi connectivity index (χ0) is 10.6. The molecular weight excluding hydrogens is 206 g/mol. The first kappa shape index (κ1) is 11.5. The molecule has 0 spiro atoms. The van der Waals surface area contributed by atoms with E-state index in [1.54, 1.807) is 0 Å². The number of carboxylic acids is 1. The van der Waals surface area contributed by atoms with E-state index in [0.29, 0.717) is 12.8 Å². The van der Waals surface area contributed by atoms with Crippen LogP contribution in [0.5, 0.6) is 0 Å². The number of hydrogen-bond donors (Lipinski definition) is 2. The van der Waals surface area contributed by atoms with Crippen molar-refractivity contribution in [3.63, 3.8) is 0 Å². The third kappa shape index (κ3) is 3.26. The molecule has 2 N–H and O–H groups in total. The summed E-state index contributed by atoms with van der Waals surface area (Å²) in [6, 6.07) is 0. The monoisotopic (exact) mass is 221 g/mol. The topological polar surface area (TPSA) is 83.5 Å². The van der Waals surface area contributed by atoms with Crippen molar-refractivity contribution < 1.29 is 18.3 Å². The van der Waals surface area contributed by atoms with Crippen LogP contribution in [0.1, 0.15) is 32.1 Å². The number of carbonyl (C=O) groups is 1. The van der Waals surface area contributed by atoms with E-state index in [1.807, 2.05) is 0 Å². The Kier molecular flexibility index (Phi) is 3.88. The van der Waals surface area contributed by atoms with Gasteiger partial charge in [-0.25, -0.2) is 13.1 Å². The van der Waals surface area contributed by atoms with Crippen LogP contribution in [0.4, 0.5) is 0 Å². The molecular formula is C8H15NO4S. The summed E-state index contributed by atoms with van der Waals surface area (Å²) in [6.45, 7) is -0.00579. The van der Waals surface area contributed by atoms with Crippen LogP contribution in [-0.4, -0.2) is 31.3 Å². The van der Waals surface area contributed by atoms with Gasteiger partial charge in [-0.15, -0.1) is 0 Å². The Bertz CT molecular complexity index is 292. The Morgan fingerprint density at radius 2 is 1.93 bits per heavy atom. The Hall–Kier alpha value is -0.620. The standard InChI is InChI=1S/C8H15NO4S/c10-8(11)5-6-9-14(12,13)7-3-1-2-4-7/h7,9H,1-6H2,(H,10,11). The van der Waals surface area contributed by atoms with Crippen molar-refractivity contribution >= 4 is 16.0 Å². The number of sulfonamides is 1. The number of rotatable bonds is 5. The normalized spacial score (nSPS) is 18.6. The molecule has 1 aliphatic rings. The van der Waals surface area contributed by atoms with Crippen LogP contribution in [0.15, 0.2) is 0 Å². The minimum atomic E-state index is -3.27. The van der Waals surface area contributed by atoms with Gasteiger partial charge in [-0.1, -0.05) is 12.8 Å². The predicted molar refractivity (Wildman–Crippen MR) is 51.4 cm³/mol. The number of hydrogen-bond acceptors (Lipinski definition) is 3. The molecule has 0 bridgehead atoms. The second kappa shape index (κ2) is 4.75. The summed E-state index contributed by atoms with van der Waals surface area (Å²) in [4.78, 5) is 10.2. The van der Waals surface area contributed by atoms with Gasteiger partial charge in [-0.05, 0) is 12.8 Å². The molecule has 0 atom stereocenters. The van der Waals surface area contributed by atoms with E-state index >= 15 is 0 Å². The highest BCUT2D eigenvalue weighted by Gasteiger charge is 2.28. The molecule has 1 saturated carbocycles. The number of carboxylic acid groups (broad SMARTS) is 1. The Balaban J connectivity index is 2.37. The van der Waals surface area contributed by atoms with Gasteiger partial charge in [0, 0.05) is 6.54 Å². The van der Waals surface area contributed by atoms with Gasteiger partial charge in [0.1, 0.15) is 0 Å². The van der Waals surface area contributed by atoms with Crippen molar-refractivity contribution in [2.45, 2.75) is 37.4 Å². The largest absolute Gasteiger partial charge is 0.481 e. The third-order valence-electron chi connectivity index (χ3n) is 2.38. The lowest BCUT2D eigenvalue weighted by Gasteiger charge is -2.11. The second-order valence-electron chi connectivity index (χ2n) is 3.49.